The van der Waals surface area contributed by atoms with Gasteiger partial charge in [0.05, 0.1) is 12.2 Å². The highest BCUT2D eigenvalue weighted by atomic mass is 16.5. The Balaban J connectivity index is 1.50. The maximum absolute atomic E-state index is 13.1. The number of fused-ring (bicyclic) bond motifs is 1. The summed E-state index contributed by atoms with van der Waals surface area (Å²) in [5.74, 6) is 0.959. The minimum absolute atomic E-state index is 0.0530. The van der Waals surface area contributed by atoms with Gasteiger partial charge < -0.3 is 14.5 Å². The molecule has 0 aliphatic carbocycles. The number of benzene rings is 1. The van der Waals surface area contributed by atoms with Gasteiger partial charge in [-0.25, -0.2) is 4.98 Å². The van der Waals surface area contributed by atoms with E-state index in [9.17, 15) is 9.59 Å². The van der Waals surface area contributed by atoms with Crippen molar-refractivity contribution in [3.8, 4) is 5.88 Å². The molecule has 2 aliphatic heterocycles. The second-order valence-corrected chi connectivity index (χ2v) is 7.26. The molecule has 1 atom stereocenters. The van der Waals surface area contributed by atoms with Crippen molar-refractivity contribution < 1.29 is 14.3 Å². The molecule has 6 nitrogen and oxygen atoms in total. The molecule has 2 amide bonds. The summed E-state index contributed by atoms with van der Waals surface area (Å²) in [5, 5.41) is 0. The van der Waals surface area contributed by atoms with Crippen LogP contribution in [-0.4, -0.2) is 47.9 Å². The van der Waals surface area contributed by atoms with Crippen molar-refractivity contribution in [2.75, 3.05) is 31.1 Å². The minimum atomic E-state index is -0.0530. The van der Waals surface area contributed by atoms with Crippen molar-refractivity contribution in [2.24, 2.45) is 0 Å². The van der Waals surface area contributed by atoms with Crippen LogP contribution in [0.2, 0.25) is 0 Å². The lowest BCUT2D eigenvalue weighted by Gasteiger charge is -2.20. The van der Waals surface area contributed by atoms with Crippen LogP contribution in [0.1, 0.15) is 48.0 Å². The molecule has 6 heteroatoms. The first-order valence-electron chi connectivity index (χ1n) is 9.94. The fraction of sp³-hybridized carbons (Fsp3) is 0.409. The lowest BCUT2D eigenvalue weighted by Crippen LogP contribution is -2.31. The van der Waals surface area contributed by atoms with Crippen LogP contribution in [0.3, 0.4) is 0 Å². The van der Waals surface area contributed by atoms with Gasteiger partial charge in [-0.1, -0.05) is 18.2 Å². The van der Waals surface area contributed by atoms with Crippen LogP contribution in [0.15, 0.2) is 42.6 Å². The number of rotatable bonds is 6. The molecule has 1 saturated heterocycles. The molecule has 0 spiro atoms. The zero-order valence-electron chi connectivity index (χ0n) is 16.1. The Morgan fingerprint density at radius 2 is 2.11 bits per heavy atom. The van der Waals surface area contributed by atoms with Gasteiger partial charge >= 0.3 is 0 Å². The Bertz CT molecular complexity index is 866. The molecule has 0 bridgehead atoms. The number of para-hydroxylation sites is 1. The topological polar surface area (TPSA) is 62.7 Å². The van der Waals surface area contributed by atoms with Gasteiger partial charge in [0.1, 0.15) is 0 Å². The van der Waals surface area contributed by atoms with Crippen LogP contribution < -0.4 is 9.64 Å². The molecule has 2 aliphatic rings. The summed E-state index contributed by atoms with van der Waals surface area (Å²) in [6.45, 7) is 4.68. The van der Waals surface area contributed by atoms with E-state index in [1.54, 1.807) is 18.3 Å². The van der Waals surface area contributed by atoms with Gasteiger partial charge in [0, 0.05) is 49.9 Å². The number of hydrogen-bond donors (Lipinski definition) is 0. The van der Waals surface area contributed by atoms with Gasteiger partial charge in [-0.3, -0.25) is 9.59 Å². The number of aromatic nitrogens is 1. The molecular weight excluding hydrogens is 354 g/mol. The standard InChI is InChI=1S/C22H25N3O3/c1-2-28-20-10-9-16(14-23-20)22(27)25-15-17(18-6-3-4-7-19(18)25)11-13-24-12-5-8-21(24)26/h3-4,6-7,9-10,14,17H,2,5,8,11-13,15H2,1H3. The highest BCUT2D eigenvalue weighted by Crippen LogP contribution is 2.39. The van der Waals surface area contributed by atoms with Gasteiger partial charge in [-0.2, -0.15) is 0 Å². The van der Waals surface area contributed by atoms with E-state index in [4.69, 9.17) is 4.74 Å². The highest BCUT2D eigenvalue weighted by Gasteiger charge is 2.33. The molecule has 1 unspecified atom stereocenters. The summed E-state index contributed by atoms with van der Waals surface area (Å²) in [5.41, 5.74) is 2.69. The number of carbonyl (C=O) groups excluding carboxylic acids is 2. The van der Waals surface area contributed by atoms with Crippen molar-refractivity contribution in [1.29, 1.82) is 0 Å². The molecule has 3 heterocycles. The molecular formula is C22H25N3O3. The molecule has 1 aromatic heterocycles. The van der Waals surface area contributed by atoms with Gasteiger partial charge in [0.2, 0.25) is 11.8 Å². The number of amides is 2. The monoisotopic (exact) mass is 379 g/mol. The third-order valence-corrected chi connectivity index (χ3v) is 5.51. The normalized spacial score (nSPS) is 18.5. The van der Waals surface area contributed by atoms with Crippen LogP contribution in [-0.2, 0) is 4.79 Å². The Morgan fingerprint density at radius 1 is 1.25 bits per heavy atom. The third kappa shape index (κ3) is 3.59. The lowest BCUT2D eigenvalue weighted by molar-refractivity contribution is -0.127. The van der Waals surface area contributed by atoms with E-state index >= 15 is 0 Å². The van der Waals surface area contributed by atoms with Gasteiger partial charge in [0.15, 0.2) is 0 Å². The molecule has 0 N–H and O–H groups in total. The molecule has 0 radical (unpaired) electrons. The zero-order chi connectivity index (χ0) is 19.5. The number of hydrogen-bond acceptors (Lipinski definition) is 4. The Hall–Kier alpha value is -2.89. The minimum Gasteiger partial charge on any atom is -0.478 e. The highest BCUT2D eigenvalue weighted by molar-refractivity contribution is 6.07. The molecule has 1 aromatic carbocycles. The van der Waals surface area contributed by atoms with Crippen LogP contribution >= 0.6 is 0 Å². The van der Waals surface area contributed by atoms with Gasteiger partial charge in [0.25, 0.3) is 5.91 Å². The van der Waals surface area contributed by atoms with Crippen molar-refractivity contribution >= 4 is 17.5 Å². The van der Waals surface area contributed by atoms with E-state index < -0.39 is 0 Å². The Labute approximate surface area is 165 Å². The lowest BCUT2D eigenvalue weighted by atomic mass is 9.98. The van der Waals surface area contributed by atoms with E-state index in [1.165, 1.54) is 5.56 Å². The number of likely N-dealkylation sites (tertiary alicyclic amines) is 1. The van der Waals surface area contributed by atoms with E-state index in [-0.39, 0.29) is 17.7 Å². The third-order valence-electron chi connectivity index (χ3n) is 5.51. The number of carbonyl (C=O) groups is 2. The Morgan fingerprint density at radius 3 is 2.82 bits per heavy atom. The zero-order valence-corrected chi connectivity index (χ0v) is 16.1. The largest absolute Gasteiger partial charge is 0.478 e. The predicted octanol–water partition coefficient (Wildman–Crippen LogP) is 3.24. The molecule has 4 rings (SSSR count). The SMILES string of the molecule is CCOc1ccc(C(=O)N2CC(CCN3CCCC3=O)c3ccccc32)cn1. The van der Waals surface area contributed by atoms with E-state index in [0.29, 0.717) is 31.0 Å². The summed E-state index contributed by atoms with van der Waals surface area (Å²) in [6, 6.07) is 11.6. The fourth-order valence-corrected chi connectivity index (χ4v) is 4.08. The Kier molecular flexibility index (Phi) is 5.28. The average molecular weight is 379 g/mol. The number of pyridine rings is 1. The molecule has 2 aromatic rings. The molecule has 0 saturated carbocycles. The summed E-state index contributed by atoms with van der Waals surface area (Å²) >= 11 is 0. The maximum Gasteiger partial charge on any atom is 0.259 e. The average Bonchev–Trinajstić information content (AvgIpc) is 3.30. The number of anilines is 1. The second-order valence-electron chi connectivity index (χ2n) is 7.26. The van der Waals surface area contributed by atoms with Gasteiger partial charge in [-0.05, 0) is 37.5 Å². The summed E-state index contributed by atoms with van der Waals surface area (Å²) in [7, 11) is 0. The maximum atomic E-state index is 13.1. The second kappa shape index (κ2) is 8.00. The van der Waals surface area contributed by atoms with Crippen LogP contribution in [0, 0.1) is 0 Å². The fourth-order valence-electron chi connectivity index (χ4n) is 4.08. The quantitative estimate of drug-likeness (QED) is 0.773. The van der Waals surface area contributed by atoms with Crippen molar-refractivity contribution in [1.82, 2.24) is 9.88 Å². The molecule has 146 valence electrons. The van der Waals surface area contributed by atoms with Crippen molar-refractivity contribution in [3.63, 3.8) is 0 Å². The van der Waals surface area contributed by atoms with Gasteiger partial charge in [-0.15, -0.1) is 0 Å². The summed E-state index contributed by atoms with van der Waals surface area (Å²) in [6.07, 6.45) is 4.06. The summed E-state index contributed by atoms with van der Waals surface area (Å²) < 4.78 is 5.36. The predicted molar refractivity (Wildman–Crippen MR) is 107 cm³/mol. The van der Waals surface area contributed by atoms with E-state index in [2.05, 4.69) is 11.1 Å². The van der Waals surface area contributed by atoms with Crippen LogP contribution in [0.4, 0.5) is 5.69 Å². The first-order valence-corrected chi connectivity index (χ1v) is 9.94. The smallest absolute Gasteiger partial charge is 0.259 e. The first-order chi connectivity index (χ1) is 13.7. The number of ether oxygens (including phenoxy) is 1. The number of nitrogens with zero attached hydrogens (tertiary/aromatic N) is 3. The van der Waals surface area contributed by atoms with Crippen molar-refractivity contribution in [2.45, 2.75) is 32.1 Å². The summed E-state index contributed by atoms with van der Waals surface area (Å²) in [4.78, 5) is 33.0. The van der Waals surface area contributed by atoms with Crippen LogP contribution in [0.25, 0.3) is 0 Å². The van der Waals surface area contributed by atoms with Crippen LogP contribution in [0.5, 0.6) is 5.88 Å². The van der Waals surface area contributed by atoms with E-state index in [1.807, 2.05) is 34.9 Å². The van der Waals surface area contributed by atoms with E-state index in [0.717, 1.165) is 31.6 Å². The van der Waals surface area contributed by atoms with Crippen molar-refractivity contribution in [3.05, 3.63) is 53.7 Å². The molecule has 28 heavy (non-hydrogen) atoms. The molecule has 1 fully saturated rings. The first kappa shape index (κ1) is 18.5.